The topological polar surface area (TPSA) is 12.9 Å². The lowest BCUT2D eigenvalue weighted by atomic mass is 10.2. The minimum absolute atomic E-state index is 1.03. The Labute approximate surface area is 172 Å². The predicted molar refractivity (Wildman–Crippen MR) is 127 cm³/mol. The summed E-state index contributed by atoms with van der Waals surface area (Å²) in [6, 6.07) is 43.4. The van der Waals surface area contributed by atoms with Gasteiger partial charge in [0.1, 0.15) is 28.5 Å². The normalized spacial score (nSPS) is 11.4. The van der Waals surface area contributed by atoms with E-state index in [-0.39, 0.29) is 0 Å². The Morgan fingerprint density at radius 3 is 1.41 bits per heavy atom. The van der Waals surface area contributed by atoms with Crippen molar-refractivity contribution >= 4 is 39.4 Å². The predicted octanol–water partition coefficient (Wildman–Crippen LogP) is 4.85. The van der Waals surface area contributed by atoms with E-state index in [4.69, 9.17) is 4.98 Å². The molecule has 0 N–H and O–H groups in total. The van der Waals surface area contributed by atoms with Crippen LogP contribution >= 0.6 is 7.26 Å². The third-order valence-corrected chi connectivity index (χ3v) is 9.63. The van der Waals surface area contributed by atoms with E-state index in [9.17, 15) is 0 Å². The zero-order valence-corrected chi connectivity index (χ0v) is 16.9. The summed E-state index contributed by atoms with van der Waals surface area (Å²) in [5, 5.41) is 6.48. The fraction of sp³-hybridized carbons (Fsp3) is 0. The zero-order chi connectivity index (χ0) is 19.5. The third-order valence-electron chi connectivity index (χ3n) is 5.39. The summed E-state index contributed by atoms with van der Waals surface area (Å²) in [5.74, 6) is 0. The number of benzene rings is 4. The summed E-state index contributed by atoms with van der Waals surface area (Å²) in [5.41, 5.74) is 1.03. The van der Waals surface area contributed by atoms with Crippen LogP contribution in [0.1, 0.15) is 0 Å². The molecule has 138 valence electrons. The summed E-state index contributed by atoms with van der Waals surface area (Å²) in [6.45, 7) is 0. The van der Waals surface area contributed by atoms with E-state index in [0.717, 1.165) is 5.52 Å². The number of para-hydroxylation sites is 1. The fourth-order valence-electron chi connectivity index (χ4n) is 4.09. The van der Waals surface area contributed by atoms with Crippen LogP contribution in [-0.2, 0) is 0 Å². The number of rotatable bonds is 4. The van der Waals surface area contributed by atoms with Crippen LogP contribution in [0.4, 0.5) is 0 Å². The van der Waals surface area contributed by atoms with Crippen molar-refractivity contribution in [3.05, 3.63) is 128 Å². The molecule has 29 heavy (non-hydrogen) atoms. The molecule has 0 radical (unpaired) electrons. The number of aromatic nitrogens is 1. The highest BCUT2D eigenvalue weighted by atomic mass is 31.2. The molecule has 2 heteroatoms. The van der Waals surface area contributed by atoms with Crippen LogP contribution in [0.3, 0.4) is 0 Å². The molecule has 0 atom stereocenters. The van der Waals surface area contributed by atoms with E-state index in [0.29, 0.717) is 0 Å². The Morgan fingerprint density at radius 1 is 0.448 bits per heavy atom. The van der Waals surface area contributed by atoms with Gasteiger partial charge in [0.2, 0.25) is 0 Å². The summed E-state index contributed by atoms with van der Waals surface area (Å²) in [7, 11) is -2.07. The van der Waals surface area contributed by atoms with Gasteiger partial charge in [-0.2, -0.15) is 0 Å². The van der Waals surface area contributed by atoms with E-state index in [1.165, 1.54) is 26.6 Å². The van der Waals surface area contributed by atoms with E-state index < -0.39 is 7.26 Å². The molecule has 1 heterocycles. The second-order valence-electron chi connectivity index (χ2n) is 7.06. The molecule has 0 saturated heterocycles. The molecule has 0 aliphatic carbocycles. The monoisotopic (exact) mass is 390 g/mol. The molecule has 0 amide bonds. The number of fused-ring (bicyclic) bond motifs is 1. The molecule has 0 spiro atoms. The largest absolute Gasteiger partial charge is 0.252 e. The maximum Gasteiger partial charge on any atom is 0.145 e. The Kier molecular flexibility index (Phi) is 4.68. The first-order valence-corrected chi connectivity index (χ1v) is 11.6. The first-order valence-electron chi connectivity index (χ1n) is 9.80. The van der Waals surface area contributed by atoms with Crippen LogP contribution in [0.2, 0.25) is 0 Å². The maximum atomic E-state index is 4.85. The van der Waals surface area contributed by atoms with Gasteiger partial charge < -0.3 is 0 Å². The van der Waals surface area contributed by atoms with Crippen LogP contribution < -0.4 is 21.2 Å². The lowest BCUT2D eigenvalue weighted by Gasteiger charge is -2.27. The Hall–Kier alpha value is -3.28. The summed E-state index contributed by atoms with van der Waals surface area (Å²) >= 11 is 0. The van der Waals surface area contributed by atoms with Crippen molar-refractivity contribution in [1.82, 2.24) is 4.98 Å². The highest BCUT2D eigenvalue weighted by Gasteiger charge is 2.48. The van der Waals surface area contributed by atoms with Crippen molar-refractivity contribution in [1.29, 1.82) is 0 Å². The minimum atomic E-state index is -2.07. The van der Waals surface area contributed by atoms with Gasteiger partial charge in [0.15, 0.2) is 0 Å². The minimum Gasteiger partial charge on any atom is -0.252 e. The van der Waals surface area contributed by atoms with Crippen LogP contribution in [0.25, 0.3) is 10.9 Å². The lowest BCUT2D eigenvalue weighted by Crippen LogP contribution is -2.38. The van der Waals surface area contributed by atoms with Gasteiger partial charge in [0.25, 0.3) is 0 Å². The van der Waals surface area contributed by atoms with Gasteiger partial charge in [0, 0.05) is 5.39 Å². The molecule has 4 aromatic carbocycles. The smallest absolute Gasteiger partial charge is 0.145 e. The van der Waals surface area contributed by atoms with Gasteiger partial charge in [-0.25, -0.2) is 0 Å². The van der Waals surface area contributed by atoms with Gasteiger partial charge in [0.05, 0.1) is 11.7 Å². The molecule has 0 unspecified atom stereocenters. The van der Waals surface area contributed by atoms with Gasteiger partial charge >= 0.3 is 0 Å². The van der Waals surface area contributed by atoms with Crippen LogP contribution in [0.5, 0.6) is 0 Å². The molecule has 5 rings (SSSR count). The maximum absolute atomic E-state index is 4.85. The zero-order valence-electron chi connectivity index (χ0n) is 16.0. The third kappa shape index (κ3) is 3.05. The molecule has 0 bridgehead atoms. The van der Waals surface area contributed by atoms with E-state index >= 15 is 0 Å². The standard InChI is InChI=1S/C27H21NP/c1-4-13-23(14-5-1)29(24-15-6-2-7-16-24,25-17-8-3-9-18-25)26-20-22-12-10-11-19-27(22)28-21-26/h1-21H/q+1. The quantitative estimate of drug-likeness (QED) is 0.400. The molecule has 5 aromatic rings. The van der Waals surface area contributed by atoms with E-state index in [2.05, 4.69) is 121 Å². The first kappa shape index (κ1) is 17.8. The van der Waals surface area contributed by atoms with Crippen LogP contribution in [0.15, 0.2) is 128 Å². The molecule has 1 aromatic heterocycles. The SMILES string of the molecule is c1ccc([P+](c2ccccc2)(c2ccccc2)c2cnc3ccccc3c2)cc1. The molecule has 0 aliphatic rings. The molecular formula is C27H21NP+. The number of nitrogens with zero attached hydrogens (tertiary/aromatic N) is 1. The Morgan fingerprint density at radius 2 is 0.897 bits per heavy atom. The average molecular weight is 390 g/mol. The van der Waals surface area contributed by atoms with Crippen LogP contribution in [-0.4, -0.2) is 4.98 Å². The van der Waals surface area contributed by atoms with Crippen molar-refractivity contribution in [3.8, 4) is 0 Å². The van der Waals surface area contributed by atoms with Crippen molar-refractivity contribution in [2.24, 2.45) is 0 Å². The number of pyridine rings is 1. The van der Waals surface area contributed by atoms with E-state index in [1.54, 1.807) is 0 Å². The summed E-state index contributed by atoms with van der Waals surface area (Å²) < 4.78 is 0. The van der Waals surface area contributed by atoms with Crippen molar-refractivity contribution in [3.63, 3.8) is 0 Å². The van der Waals surface area contributed by atoms with Gasteiger partial charge in [-0.15, -0.1) is 0 Å². The molecule has 1 nitrogen and oxygen atoms in total. The molecule has 0 fully saturated rings. The highest BCUT2D eigenvalue weighted by Crippen LogP contribution is 2.54. The summed E-state index contributed by atoms with van der Waals surface area (Å²) in [4.78, 5) is 4.85. The average Bonchev–Trinajstić information content (AvgIpc) is 2.82. The van der Waals surface area contributed by atoms with Crippen LogP contribution in [0, 0.1) is 0 Å². The van der Waals surface area contributed by atoms with Crippen molar-refractivity contribution < 1.29 is 0 Å². The lowest BCUT2D eigenvalue weighted by molar-refractivity contribution is 1.43. The van der Waals surface area contributed by atoms with Gasteiger partial charge in [-0.1, -0.05) is 72.8 Å². The van der Waals surface area contributed by atoms with Gasteiger partial charge in [-0.3, -0.25) is 4.98 Å². The van der Waals surface area contributed by atoms with Crippen molar-refractivity contribution in [2.75, 3.05) is 0 Å². The van der Waals surface area contributed by atoms with Crippen molar-refractivity contribution in [2.45, 2.75) is 0 Å². The molecule has 0 aliphatic heterocycles. The number of hydrogen-bond donors (Lipinski definition) is 0. The van der Waals surface area contributed by atoms with E-state index in [1.807, 2.05) is 6.07 Å². The summed E-state index contributed by atoms with van der Waals surface area (Å²) in [6.07, 6.45) is 2.09. The van der Waals surface area contributed by atoms with Gasteiger partial charge in [-0.05, 0) is 48.5 Å². The fourth-order valence-corrected chi connectivity index (χ4v) is 8.30. The Balaban J connectivity index is 1.92. The first-order chi connectivity index (χ1) is 14.4. The molecule has 0 saturated carbocycles. The second-order valence-corrected chi connectivity index (χ2v) is 10.5. The Bertz CT molecular complexity index is 1140. The second kappa shape index (κ2) is 7.62. The molecular weight excluding hydrogens is 369 g/mol. The number of hydrogen-bond acceptors (Lipinski definition) is 1. The highest BCUT2D eigenvalue weighted by molar-refractivity contribution is 8.01.